The number of hydrogen-bond donors (Lipinski definition) is 1. The molecule has 1 saturated carbocycles. The predicted molar refractivity (Wildman–Crippen MR) is 71.6 cm³/mol. The lowest BCUT2D eigenvalue weighted by molar-refractivity contribution is 0.173. The molecule has 1 fully saturated rings. The van der Waals surface area contributed by atoms with Crippen LogP contribution in [0.25, 0.3) is 0 Å². The van der Waals surface area contributed by atoms with Crippen LogP contribution in [0, 0.1) is 5.41 Å². The molecule has 1 N–H and O–H groups in total. The summed E-state index contributed by atoms with van der Waals surface area (Å²) >= 11 is 5.90. The van der Waals surface area contributed by atoms with E-state index >= 15 is 0 Å². The van der Waals surface area contributed by atoms with Crippen LogP contribution in [0.2, 0.25) is 5.15 Å². The van der Waals surface area contributed by atoms with Gasteiger partial charge in [0.2, 0.25) is 5.03 Å². The first-order valence-electron chi connectivity index (χ1n) is 6.06. The number of nitrogens with one attached hydrogen (secondary N) is 1. The Hall–Kier alpha value is -0.630. The zero-order chi connectivity index (χ0) is 14.1. The van der Waals surface area contributed by atoms with Crippen molar-refractivity contribution >= 4 is 21.6 Å². The summed E-state index contributed by atoms with van der Waals surface area (Å²) in [5, 5.41) is 0.00782. The highest BCUT2D eigenvalue weighted by atomic mass is 35.5. The van der Waals surface area contributed by atoms with Gasteiger partial charge in [0.25, 0.3) is 10.0 Å². The summed E-state index contributed by atoms with van der Waals surface area (Å²) in [6.45, 7) is 1.05. The second kappa shape index (κ2) is 5.40. The van der Waals surface area contributed by atoms with Gasteiger partial charge in [-0.05, 0) is 24.7 Å². The summed E-state index contributed by atoms with van der Waals surface area (Å²) in [6.07, 6.45) is 4.29. The molecule has 0 radical (unpaired) electrons. The number of rotatable bonds is 7. The lowest BCUT2D eigenvalue weighted by Crippen LogP contribution is -2.31. The molecule has 0 amide bonds. The first kappa shape index (κ1) is 14.8. The van der Waals surface area contributed by atoms with Gasteiger partial charge in [0.1, 0.15) is 5.15 Å². The molecule has 0 aromatic carbocycles. The largest absolute Gasteiger partial charge is 0.385 e. The fraction of sp³-hybridized carbons (Fsp3) is 0.727. The number of aromatic nitrogens is 2. The molecule has 0 aliphatic heterocycles. The molecule has 6 nitrogen and oxygen atoms in total. The zero-order valence-electron chi connectivity index (χ0n) is 11.0. The van der Waals surface area contributed by atoms with Crippen LogP contribution in [-0.4, -0.2) is 38.2 Å². The minimum Gasteiger partial charge on any atom is -0.385 e. The van der Waals surface area contributed by atoms with Gasteiger partial charge in [0, 0.05) is 27.3 Å². The van der Waals surface area contributed by atoms with Crippen LogP contribution >= 0.6 is 11.6 Å². The van der Waals surface area contributed by atoms with Crippen molar-refractivity contribution in [2.45, 2.75) is 24.3 Å². The van der Waals surface area contributed by atoms with E-state index in [0.29, 0.717) is 13.2 Å². The summed E-state index contributed by atoms with van der Waals surface area (Å²) in [6, 6.07) is 0. The first-order valence-corrected chi connectivity index (χ1v) is 7.92. The van der Waals surface area contributed by atoms with Crippen molar-refractivity contribution in [1.29, 1.82) is 0 Å². The molecular formula is C11H18ClN3O3S. The van der Waals surface area contributed by atoms with E-state index in [0.717, 1.165) is 19.3 Å². The van der Waals surface area contributed by atoms with Gasteiger partial charge in [-0.1, -0.05) is 11.6 Å². The molecule has 0 atom stereocenters. The highest BCUT2D eigenvalue weighted by Gasteiger charge is 2.43. The molecule has 1 aliphatic rings. The average Bonchev–Trinajstić information content (AvgIpc) is 3.06. The summed E-state index contributed by atoms with van der Waals surface area (Å²) in [5.74, 6) is 0. The van der Waals surface area contributed by atoms with Crippen molar-refractivity contribution in [3.05, 3.63) is 11.5 Å². The maximum atomic E-state index is 12.1. The van der Waals surface area contributed by atoms with Crippen molar-refractivity contribution in [3.8, 4) is 0 Å². The Balaban J connectivity index is 2.01. The first-order chi connectivity index (χ1) is 8.90. The minimum atomic E-state index is -3.64. The lowest BCUT2D eigenvalue weighted by Gasteiger charge is -2.15. The van der Waals surface area contributed by atoms with Crippen molar-refractivity contribution < 1.29 is 13.2 Å². The van der Waals surface area contributed by atoms with Gasteiger partial charge in [0.15, 0.2) is 0 Å². The number of aryl methyl sites for hydroxylation is 1. The van der Waals surface area contributed by atoms with Crippen LogP contribution in [0.5, 0.6) is 0 Å². The third-order valence-electron chi connectivity index (χ3n) is 3.52. The van der Waals surface area contributed by atoms with E-state index < -0.39 is 10.0 Å². The fourth-order valence-corrected chi connectivity index (χ4v) is 3.48. The van der Waals surface area contributed by atoms with Gasteiger partial charge in [-0.3, -0.25) is 0 Å². The third-order valence-corrected chi connectivity index (χ3v) is 5.41. The third kappa shape index (κ3) is 3.28. The zero-order valence-corrected chi connectivity index (χ0v) is 12.6. The Morgan fingerprint density at radius 1 is 1.58 bits per heavy atom. The van der Waals surface area contributed by atoms with E-state index in [1.165, 1.54) is 10.9 Å². The van der Waals surface area contributed by atoms with Crippen molar-refractivity contribution in [3.63, 3.8) is 0 Å². The van der Waals surface area contributed by atoms with Gasteiger partial charge < -0.3 is 9.30 Å². The molecule has 108 valence electrons. The van der Waals surface area contributed by atoms with E-state index in [-0.39, 0.29) is 15.6 Å². The summed E-state index contributed by atoms with van der Waals surface area (Å²) < 4.78 is 33.3. The number of hydrogen-bond acceptors (Lipinski definition) is 4. The van der Waals surface area contributed by atoms with Crippen molar-refractivity contribution in [1.82, 2.24) is 14.3 Å². The topological polar surface area (TPSA) is 73.2 Å². The lowest BCUT2D eigenvalue weighted by atomic mass is 10.0. The average molecular weight is 308 g/mol. The maximum absolute atomic E-state index is 12.1. The number of ether oxygens (including phenoxy) is 1. The van der Waals surface area contributed by atoms with Gasteiger partial charge in [0.05, 0.1) is 6.33 Å². The Morgan fingerprint density at radius 3 is 2.74 bits per heavy atom. The minimum absolute atomic E-state index is 0.0460. The van der Waals surface area contributed by atoms with E-state index in [1.54, 1.807) is 14.2 Å². The highest BCUT2D eigenvalue weighted by molar-refractivity contribution is 7.89. The molecular weight excluding hydrogens is 290 g/mol. The molecule has 1 aromatic heterocycles. The molecule has 1 heterocycles. The molecule has 0 bridgehead atoms. The summed E-state index contributed by atoms with van der Waals surface area (Å²) in [4.78, 5) is 3.83. The molecule has 1 aliphatic carbocycles. The number of methoxy groups -OCH3 is 1. The molecule has 1 aromatic rings. The molecule has 0 unspecified atom stereocenters. The molecule has 0 spiro atoms. The van der Waals surface area contributed by atoms with Gasteiger partial charge in [-0.25, -0.2) is 18.1 Å². The Kier molecular flexibility index (Phi) is 4.20. The van der Waals surface area contributed by atoms with Crippen LogP contribution in [0.1, 0.15) is 19.3 Å². The predicted octanol–water partition coefficient (Wildman–Crippen LogP) is 1.17. The van der Waals surface area contributed by atoms with Crippen LogP contribution in [0.4, 0.5) is 0 Å². The van der Waals surface area contributed by atoms with Crippen molar-refractivity contribution in [2.24, 2.45) is 12.5 Å². The monoisotopic (exact) mass is 307 g/mol. The van der Waals surface area contributed by atoms with Gasteiger partial charge >= 0.3 is 0 Å². The van der Waals surface area contributed by atoms with E-state index in [2.05, 4.69) is 9.71 Å². The highest BCUT2D eigenvalue weighted by Crippen LogP contribution is 2.48. The van der Waals surface area contributed by atoms with Crippen LogP contribution in [0.15, 0.2) is 11.4 Å². The smallest absolute Gasteiger partial charge is 0.261 e. The van der Waals surface area contributed by atoms with Crippen LogP contribution < -0.4 is 4.72 Å². The van der Waals surface area contributed by atoms with E-state index in [4.69, 9.17) is 16.3 Å². The Bertz CT molecular complexity index is 552. The fourth-order valence-electron chi connectivity index (χ4n) is 1.90. The van der Waals surface area contributed by atoms with E-state index in [9.17, 15) is 8.42 Å². The molecule has 8 heteroatoms. The second-order valence-electron chi connectivity index (χ2n) is 5.02. The second-order valence-corrected chi connectivity index (χ2v) is 7.06. The maximum Gasteiger partial charge on any atom is 0.261 e. The Morgan fingerprint density at radius 2 is 2.26 bits per heavy atom. The number of nitrogens with zero attached hydrogens (tertiary/aromatic N) is 2. The molecule has 19 heavy (non-hydrogen) atoms. The van der Waals surface area contributed by atoms with E-state index in [1.807, 2.05) is 0 Å². The molecule has 2 rings (SSSR count). The van der Waals surface area contributed by atoms with Gasteiger partial charge in [-0.2, -0.15) is 0 Å². The standard InChI is InChI=1S/C11H18ClN3O3S/c1-15-8-13-10(9(15)12)19(16,17)14-7-11(3-4-11)5-6-18-2/h8,14H,3-7H2,1-2H3. The molecule has 0 saturated heterocycles. The normalized spacial score (nSPS) is 17.6. The van der Waals surface area contributed by atoms with Crippen LogP contribution in [-0.2, 0) is 21.8 Å². The number of halogens is 1. The SMILES string of the molecule is COCCC1(CNS(=O)(=O)c2ncn(C)c2Cl)CC1. The number of sulfonamides is 1. The number of imidazole rings is 1. The summed E-state index contributed by atoms with van der Waals surface area (Å²) in [5.41, 5.74) is 0.0460. The summed E-state index contributed by atoms with van der Waals surface area (Å²) in [7, 11) is -0.348. The van der Waals surface area contributed by atoms with Gasteiger partial charge in [-0.15, -0.1) is 0 Å². The Labute approximate surface area is 118 Å². The quantitative estimate of drug-likeness (QED) is 0.820. The van der Waals surface area contributed by atoms with Crippen LogP contribution in [0.3, 0.4) is 0 Å². The van der Waals surface area contributed by atoms with Crippen molar-refractivity contribution in [2.75, 3.05) is 20.3 Å².